The van der Waals surface area contributed by atoms with E-state index in [0.717, 1.165) is 36.8 Å². The molecule has 358 valence electrons. The highest BCUT2D eigenvalue weighted by Crippen LogP contribution is 2.32. The van der Waals surface area contributed by atoms with Crippen LogP contribution in [0.15, 0.2) is 115 Å². The third kappa shape index (κ3) is 11.4. The second kappa shape index (κ2) is 22.1. The van der Waals surface area contributed by atoms with Crippen LogP contribution in [0.3, 0.4) is 0 Å². The lowest BCUT2D eigenvalue weighted by atomic mass is 9.89. The summed E-state index contributed by atoms with van der Waals surface area (Å²) < 4.78 is 6.52. The van der Waals surface area contributed by atoms with Gasteiger partial charge in [0.1, 0.15) is 11.8 Å². The molecule has 0 aliphatic carbocycles. The summed E-state index contributed by atoms with van der Waals surface area (Å²) in [5.41, 5.74) is 12.2. The van der Waals surface area contributed by atoms with Crippen molar-refractivity contribution in [1.82, 2.24) is 14.7 Å². The van der Waals surface area contributed by atoms with Crippen molar-refractivity contribution in [2.45, 2.75) is 76.4 Å². The summed E-state index contributed by atoms with van der Waals surface area (Å²) in [6.45, 7) is 6.39. The Morgan fingerprint density at radius 1 is 0.586 bits per heavy atom. The lowest BCUT2D eigenvalue weighted by Crippen LogP contribution is -2.59. The van der Waals surface area contributed by atoms with Gasteiger partial charge >= 0.3 is 0 Å². The topological polar surface area (TPSA) is 202 Å². The number of carbonyl (C=O) groups is 5. The smallest absolute Gasteiger partial charge is 0.267 e. The number of rotatable bonds is 13. The van der Waals surface area contributed by atoms with Crippen molar-refractivity contribution in [2.75, 3.05) is 49.9 Å². The van der Waals surface area contributed by atoms with Crippen LogP contribution in [0.25, 0.3) is 0 Å². The summed E-state index contributed by atoms with van der Waals surface area (Å²) >= 11 is 0. The number of nitrogens with two attached hydrogens (primary N) is 1. The van der Waals surface area contributed by atoms with Gasteiger partial charge in [-0.3, -0.25) is 28.9 Å². The molecule has 70 heavy (non-hydrogen) atoms. The summed E-state index contributed by atoms with van der Waals surface area (Å²) in [7, 11) is 0. The number of piperidine rings is 3. The van der Waals surface area contributed by atoms with E-state index in [1.54, 1.807) is 60.7 Å². The first-order valence-corrected chi connectivity index (χ1v) is 24.1. The number of anilines is 2. The molecule has 5 aromatic rings. The number of amides is 5. The molecule has 8 rings (SSSR count). The molecule has 0 radical (unpaired) electrons. The number of aryl methyl sites for hydroxylation is 2. The van der Waals surface area contributed by atoms with Crippen LogP contribution in [-0.4, -0.2) is 95.6 Å². The minimum absolute atomic E-state index is 0.160. The average molecular weight is 939 g/mol. The fraction of sp³-hybridized carbons (Fsp3) is 0.339. The van der Waals surface area contributed by atoms with Gasteiger partial charge in [-0.1, -0.05) is 54.6 Å². The zero-order valence-corrected chi connectivity index (χ0v) is 39.6. The lowest BCUT2D eigenvalue weighted by Gasteiger charge is -2.39. The van der Waals surface area contributed by atoms with Crippen LogP contribution >= 0.6 is 0 Å². The maximum atomic E-state index is 15.0. The van der Waals surface area contributed by atoms with Gasteiger partial charge < -0.3 is 30.9 Å². The molecular weight excluding hydrogens is 881 g/mol. The molecule has 0 aromatic heterocycles. The molecule has 3 heterocycles. The molecule has 5 aromatic carbocycles. The van der Waals surface area contributed by atoms with Crippen molar-refractivity contribution in [2.24, 2.45) is 11.7 Å². The van der Waals surface area contributed by atoms with Gasteiger partial charge in [-0.05, 0) is 160 Å². The third-order valence-corrected chi connectivity index (χ3v) is 14.2. The van der Waals surface area contributed by atoms with Gasteiger partial charge in [-0.15, -0.1) is 0 Å². The van der Waals surface area contributed by atoms with Crippen LogP contribution in [0.1, 0.15) is 104 Å². The van der Waals surface area contributed by atoms with Gasteiger partial charge in [-0.2, -0.15) is 10.5 Å². The molecule has 5 amide bonds. The molecule has 0 saturated carbocycles. The number of para-hydroxylation sites is 1. The lowest BCUT2D eigenvalue weighted by molar-refractivity contribution is -0.136. The Hall–Kier alpha value is -7.81. The van der Waals surface area contributed by atoms with Gasteiger partial charge in [0.15, 0.2) is 0 Å². The predicted molar refractivity (Wildman–Crippen MR) is 266 cm³/mol. The standard InChI is InChI=1S/C56H58N8O6/c1-36-8-14-45(55(68)63-28-20-42(21-29-63)40-16-10-38(34-57)11-17-40)32-48(36)60-53(66)50(62-26-24-44(25-27-62)52(59)65)51(70-47-6-4-3-5-7-47)54(67)61-49-33-46(15-9-37(49)2)56(69)64-30-22-43(23-31-64)41-18-12-39(35-58)13-19-41/h3-19,32-33,42-44,50-51H,20-31H2,1-2H3,(H2,59,65)(H,60,66)(H,61,67). The quantitative estimate of drug-likeness (QED) is 0.106. The van der Waals surface area contributed by atoms with E-state index < -0.39 is 35.8 Å². The minimum atomic E-state index is -1.44. The molecule has 2 unspecified atom stereocenters. The van der Waals surface area contributed by atoms with E-state index in [9.17, 15) is 29.7 Å². The number of nitrogens with zero attached hydrogens (tertiary/aromatic N) is 5. The SMILES string of the molecule is Cc1ccc(C(=O)N2CCC(c3ccc(C#N)cc3)CC2)cc1NC(=O)C(Oc1ccccc1)C(C(=O)Nc1cc(C(=O)N2CCC(c3ccc(C#N)cc3)CC2)ccc1C)N1CCC(C(N)=O)CC1. The highest BCUT2D eigenvalue weighted by atomic mass is 16.5. The summed E-state index contributed by atoms with van der Waals surface area (Å²) in [4.78, 5) is 75.7. The normalized spacial score (nSPS) is 16.8. The summed E-state index contributed by atoms with van der Waals surface area (Å²) in [6.07, 6.45) is 2.39. The highest BCUT2D eigenvalue weighted by molar-refractivity contribution is 6.05. The molecule has 3 fully saturated rings. The Morgan fingerprint density at radius 2 is 1.03 bits per heavy atom. The Kier molecular flexibility index (Phi) is 15.3. The van der Waals surface area contributed by atoms with Crippen LogP contribution < -0.4 is 21.1 Å². The molecule has 0 spiro atoms. The zero-order chi connectivity index (χ0) is 49.3. The summed E-state index contributed by atoms with van der Waals surface area (Å²) in [6, 6.07) is 37.5. The number of hydrogen-bond acceptors (Lipinski definition) is 9. The summed E-state index contributed by atoms with van der Waals surface area (Å²) in [5.74, 6) is -1.43. The molecule has 4 N–H and O–H groups in total. The molecule has 14 nitrogen and oxygen atoms in total. The van der Waals surface area contributed by atoms with Crippen LogP contribution in [0.5, 0.6) is 5.75 Å². The number of likely N-dealkylation sites (tertiary alicyclic amines) is 3. The Labute approximate surface area is 409 Å². The second-order valence-corrected chi connectivity index (χ2v) is 18.6. The zero-order valence-electron chi connectivity index (χ0n) is 39.6. The van der Waals surface area contributed by atoms with E-state index in [4.69, 9.17) is 10.5 Å². The van der Waals surface area contributed by atoms with E-state index in [0.29, 0.717) is 89.5 Å². The Balaban J connectivity index is 1.02. The number of carbonyl (C=O) groups excluding carboxylic acids is 5. The molecule has 3 aliphatic rings. The fourth-order valence-electron chi connectivity index (χ4n) is 9.91. The molecule has 14 heteroatoms. The van der Waals surface area contributed by atoms with Gasteiger partial charge in [-0.25, -0.2) is 0 Å². The number of nitrogens with one attached hydrogen (secondary N) is 2. The van der Waals surface area contributed by atoms with E-state index in [1.165, 1.54) is 0 Å². The number of primary amides is 1. The maximum absolute atomic E-state index is 15.0. The summed E-state index contributed by atoms with van der Waals surface area (Å²) in [5, 5.41) is 24.5. The van der Waals surface area contributed by atoms with Crippen molar-refractivity contribution in [3.05, 3.63) is 160 Å². The molecule has 0 bridgehead atoms. The van der Waals surface area contributed by atoms with Crippen molar-refractivity contribution in [1.29, 1.82) is 10.5 Å². The highest BCUT2D eigenvalue weighted by Gasteiger charge is 2.43. The van der Waals surface area contributed by atoms with Gasteiger partial charge in [0.05, 0.1) is 23.3 Å². The predicted octanol–water partition coefficient (Wildman–Crippen LogP) is 7.68. The maximum Gasteiger partial charge on any atom is 0.267 e. The average Bonchev–Trinajstić information content (AvgIpc) is 3.40. The number of hydrogen-bond donors (Lipinski definition) is 3. The van der Waals surface area contributed by atoms with Crippen molar-refractivity contribution < 1.29 is 28.7 Å². The van der Waals surface area contributed by atoms with E-state index >= 15 is 4.79 Å². The van der Waals surface area contributed by atoms with Gasteiger partial charge in [0, 0.05) is 54.6 Å². The third-order valence-electron chi connectivity index (χ3n) is 14.2. The Bertz CT molecular complexity index is 2800. The number of benzene rings is 5. The Morgan fingerprint density at radius 3 is 1.46 bits per heavy atom. The van der Waals surface area contributed by atoms with Gasteiger partial charge in [0.2, 0.25) is 17.9 Å². The molecule has 2 atom stereocenters. The molecule has 3 saturated heterocycles. The van der Waals surface area contributed by atoms with Crippen LogP contribution in [0.2, 0.25) is 0 Å². The van der Waals surface area contributed by atoms with Crippen molar-refractivity contribution in [3.63, 3.8) is 0 Å². The van der Waals surface area contributed by atoms with Crippen LogP contribution in [0.4, 0.5) is 11.4 Å². The van der Waals surface area contributed by atoms with E-state index in [2.05, 4.69) is 22.8 Å². The van der Waals surface area contributed by atoms with Gasteiger partial charge in [0.25, 0.3) is 17.7 Å². The van der Waals surface area contributed by atoms with Crippen molar-refractivity contribution >= 4 is 40.9 Å². The minimum Gasteiger partial charge on any atom is -0.478 e. The van der Waals surface area contributed by atoms with E-state index in [-0.39, 0.29) is 36.7 Å². The number of nitriles is 2. The monoisotopic (exact) mass is 938 g/mol. The molecular formula is C56H58N8O6. The second-order valence-electron chi connectivity index (χ2n) is 18.6. The first-order valence-electron chi connectivity index (χ1n) is 24.1. The van der Waals surface area contributed by atoms with Crippen LogP contribution in [0, 0.1) is 42.4 Å². The largest absolute Gasteiger partial charge is 0.478 e. The number of ether oxygens (including phenoxy) is 1. The van der Waals surface area contributed by atoms with Crippen LogP contribution in [-0.2, 0) is 14.4 Å². The van der Waals surface area contributed by atoms with E-state index in [1.807, 2.05) is 83.1 Å². The van der Waals surface area contributed by atoms with Crippen molar-refractivity contribution in [3.8, 4) is 17.9 Å². The first kappa shape index (κ1) is 48.6. The molecule has 3 aliphatic heterocycles. The first-order chi connectivity index (χ1) is 33.9. The fourth-order valence-corrected chi connectivity index (χ4v) is 9.91.